The maximum Gasteiger partial charge on any atom is 0.307 e. The van der Waals surface area contributed by atoms with Crippen LogP contribution in [0.2, 0.25) is 0 Å². The zero-order valence-corrected chi connectivity index (χ0v) is 10.3. The first-order valence-corrected chi connectivity index (χ1v) is 6.13. The molecule has 1 fully saturated rings. The Labute approximate surface area is 101 Å². The minimum atomic E-state index is -1.03. The van der Waals surface area contributed by atoms with Crippen molar-refractivity contribution >= 4 is 11.9 Å². The van der Waals surface area contributed by atoms with Gasteiger partial charge < -0.3 is 15.5 Å². The minimum Gasteiger partial charge on any atom is -0.481 e. The summed E-state index contributed by atoms with van der Waals surface area (Å²) in [5.74, 6) is -2.89. The monoisotopic (exact) mass is 243 g/mol. The van der Waals surface area contributed by atoms with Crippen LogP contribution in [0, 0.1) is 23.7 Å². The van der Waals surface area contributed by atoms with E-state index >= 15 is 0 Å². The molecule has 0 aromatic rings. The van der Waals surface area contributed by atoms with Crippen LogP contribution in [0.3, 0.4) is 0 Å². The number of rotatable bonds is 6. The molecule has 0 aliphatic carbocycles. The summed E-state index contributed by atoms with van der Waals surface area (Å²) in [7, 11) is 0. The summed E-state index contributed by atoms with van der Waals surface area (Å²) in [5, 5.41) is 21.3. The molecular formula is C12H21NO4. The Hall–Kier alpha value is -1.10. The normalized spacial score (nSPS) is 27.6. The minimum absolute atomic E-state index is 0.280. The van der Waals surface area contributed by atoms with Crippen LogP contribution in [-0.2, 0) is 9.59 Å². The molecule has 0 saturated carbocycles. The van der Waals surface area contributed by atoms with Crippen LogP contribution >= 0.6 is 0 Å². The molecule has 1 aliphatic rings. The van der Waals surface area contributed by atoms with Crippen LogP contribution in [0.15, 0.2) is 0 Å². The van der Waals surface area contributed by atoms with Crippen molar-refractivity contribution in [2.45, 2.75) is 26.7 Å². The third-order valence-corrected chi connectivity index (χ3v) is 3.87. The van der Waals surface area contributed by atoms with E-state index in [1.807, 2.05) is 0 Å². The highest BCUT2D eigenvalue weighted by Gasteiger charge is 2.35. The summed E-state index contributed by atoms with van der Waals surface area (Å²) in [6.07, 6.45) is 1.46. The second-order valence-corrected chi connectivity index (χ2v) is 4.89. The fourth-order valence-corrected chi connectivity index (χ4v) is 2.56. The van der Waals surface area contributed by atoms with Gasteiger partial charge in [-0.15, -0.1) is 0 Å². The largest absolute Gasteiger partial charge is 0.481 e. The van der Waals surface area contributed by atoms with E-state index in [0.717, 1.165) is 19.5 Å². The first kappa shape index (κ1) is 14.0. The van der Waals surface area contributed by atoms with Crippen LogP contribution in [0.4, 0.5) is 0 Å². The standard InChI is InChI=1S/C12H21NO4/c1-3-8-5-13-6-9(8)4-10(12(16)17)7(2)11(14)15/h7-10,13H,3-6H2,1-2H3,(H,14,15)(H,16,17). The lowest BCUT2D eigenvalue weighted by atomic mass is 9.80. The number of hydrogen-bond donors (Lipinski definition) is 3. The van der Waals surface area contributed by atoms with Crippen molar-refractivity contribution in [1.29, 1.82) is 0 Å². The average Bonchev–Trinajstić information content (AvgIpc) is 2.71. The molecule has 4 atom stereocenters. The van der Waals surface area contributed by atoms with E-state index in [2.05, 4.69) is 12.2 Å². The number of nitrogens with one attached hydrogen (secondary N) is 1. The highest BCUT2D eigenvalue weighted by Crippen LogP contribution is 2.30. The third kappa shape index (κ3) is 3.43. The first-order chi connectivity index (χ1) is 7.97. The van der Waals surface area contributed by atoms with Gasteiger partial charge in [-0.1, -0.05) is 20.3 Å². The molecule has 17 heavy (non-hydrogen) atoms. The average molecular weight is 243 g/mol. The van der Waals surface area contributed by atoms with E-state index in [-0.39, 0.29) is 5.92 Å². The van der Waals surface area contributed by atoms with E-state index in [1.54, 1.807) is 0 Å². The molecular weight excluding hydrogens is 222 g/mol. The van der Waals surface area contributed by atoms with Crippen molar-refractivity contribution < 1.29 is 19.8 Å². The highest BCUT2D eigenvalue weighted by atomic mass is 16.4. The Balaban J connectivity index is 2.66. The predicted octanol–water partition coefficient (Wildman–Crippen LogP) is 1.04. The van der Waals surface area contributed by atoms with Crippen molar-refractivity contribution in [3.63, 3.8) is 0 Å². The topological polar surface area (TPSA) is 86.6 Å². The molecule has 0 radical (unpaired) electrons. The zero-order valence-electron chi connectivity index (χ0n) is 10.3. The molecule has 98 valence electrons. The Kier molecular flexibility index (Phi) is 4.93. The maximum atomic E-state index is 11.1. The lowest BCUT2D eigenvalue weighted by molar-refractivity contribution is -0.153. The number of carbonyl (C=O) groups is 2. The third-order valence-electron chi connectivity index (χ3n) is 3.87. The van der Waals surface area contributed by atoms with Crippen LogP contribution < -0.4 is 5.32 Å². The van der Waals surface area contributed by atoms with Gasteiger partial charge >= 0.3 is 11.9 Å². The number of hydrogen-bond acceptors (Lipinski definition) is 3. The Morgan fingerprint density at radius 2 is 1.82 bits per heavy atom. The van der Waals surface area contributed by atoms with Crippen molar-refractivity contribution in [2.75, 3.05) is 13.1 Å². The van der Waals surface area contributed by atoms with E-state index in [0.29, 0.717) is 12.3 Å². The molecule has 5 heteroatoms. The summed E-state index contributed by atoms with van der Waals surface area (Å²) in [6, 6.07) is 0. The summed E-state index contributed by atoms with van der Waals surface area (Å²) in [6.45, 7) is 5.27. The van der Waals surface area contributed by atoms with E-state index in [4.69, 9.17) is 10.2 Å². The Bertz CT molecular complexity index is 292. The second-order valence-electron chi connectivity index (χ2n) is 4.89. The predicted molar refractivity (Wildman–Crippen MR) is 62.7 cm³/mol. The quantitative estimate of drug-likeness (QED) is 0.649. The fraction of sp³-hybridized carbons (Fsp3) is 0.833. The molecule has 0 aromatic heterocycles. The van der Waals surface area contributed by atoms with Crippen LogP contribution in [0.25, 0.3) is 0 Å². The van der Waals surface area contributed by atoms with Gasteiger partial charge in [-0.3, -0.25) is 9.59 Å². The van der Waals surface area contributed by atoms with Crippen molar-refractivity contribution in [2.24, 2.45) is 23.7 Å². The van der Waals surface area contributed by atoms with Gasteiger partial charge in [0.1, 0.15) is 0 Å². The molecule has 4 unspecified atom stereocenters. The Morgan fingerprint density at radius 1 is 1.24 bits per heavy atom. The second kappa shape index (κ2) is 6.00. The molecule has 0 spiro atoms. The lowest BCUT2D eigenvalue weighted by Gasteiger charge is -2.23. The van der Waals surface area contributed by atoms with Gasteiger partial charge in [0.25, 0.3) is 0 Å². The van der Waals surface area contributed by atoms with Gasteiger partial charge in [0, 0.05) is 0 Å². The van der Waals surface area contributed by atoms with E-state index in [9.17, 15) is 9.59 Å². The zero-order chi connectivity index (χ0) is 13.0. The maximum absolute atomic E-state index is 11.1. The molecule has 0 amide bonds. The van der Waals surface area contributed by atoms with Crippen LogP contribution in [0.5, 0.6) is 0 Å². The van der Waals surface area contributed by atoms with Gasteiger partial charge in [0.15, 0.2) is 0 Å². The summed E-state index contributed by atoms with van der Waals surface area (Å²) < 4.78 is 0. The molecule has 5 nitrogen and oxygen atoms in total. The molecule has 1 aliphatic heterocycles. The molecule has 3 N–H and O–H groups in total. The van der Waals surface area contributed by atoms with Gasteiger partial charge in [0.2, 0.25) is 0 Å². The van der Waals surface area contributed by atoms with Gasteiger partial charge in [-0.25, -0.2) is 0 Å². The number of carboxylic acid groups (broad SMARTS) is 2. The fourth-order valence-electron chi connectivity index (χ4n) is 2.56. The summed E-state index contributed by atoms with van der Waals surface area (Å²) in [5.41, 5.74) is 0. The van der Waals surface area contributed by atoms with Crippen LogP contribution in [0.1, 0.15) is 26.7 Å². The van der Waals surface area contributed by atoms with Crippen LogP contribution in [-0.4, -0.2) is 35.2 Å². The molecule has 1 heterocycles. The SMILES string of the molecule is CCC1CNCC1CC(C(=O)O)C(C)C(=O)O. The summed E-state index contributed by atoms with van der Waals surface area (Å²) >= 11 is 0. The highest BCUT2D eigenvalue weighted by molar-refractivity contribution is 5.79. The number of carboxylic acids is 2. The van der Waals surface area contributed by atoms with Crippen molar-refractivity contribution in [3.8, 4) is 0 Å². The molecule has 0 aromatic carbocycles. The van der Waals surface area contributed by atoms with Gasteiger partial charge in [-0.2, -0.15) is 0 Å². The van der Waals surface area contributed by atoms with Gasteiger partial charge in [-0.05, 0) is 31.3 Å². The number of aliphatic carboxylic acids is 2. The Morgan fingerprint density at radius 3 is 2.29 bits per heavy atom. The summed E-state index contributed by atoms with van der Waals surface area (Å²) in [4.78, 5) is 22.0. The first-order valence-electron chi connectivity index (χ1n) is 6.13. The molecule has 1 saturated heterocycles. The molecule has 1 rings (SSSR count). The van der Waals surface area contributed by atoms with Crippen molar-refractivity contribution in [3.05, 3.63) is 0 Å². The molecule has 0 bridgehead atoms. The van der Waals surface area contributed by atoms with E-state index < -0.39 is 23.8 Å². The van der Waals surface area contributed by atoms with E-state index in [1.165, 1.54) is 6.92 Å². The lowest BCUT2D eigenvalue weighted by Crippen LogP contribution is -2.31. The van der Waals surface area contributed by atoms with Crippen molar-refractivity contribution in [1.82, 2.24) is 5.32 Å². The smallest absolute Gasteiger partial charge is 0.307 e. The van der Waals surface area contributed by atoms with Gasteiger partial charge in [0.05, 0.1) is 11.8 Å².